The Morgan fingerprint density at radius 1 is 1.25 bits per heavy atom. The van der Waals surface area contributed by atoms with Gasteiger partial charge in [0.1, 0.15) is 5.75 Å². The molecule has 0 saturated heterocycles. The van der Waals surface area contributed by atoms with Crippen molar-refractivity contribution in [2.45, 2.75) is 25.8 Å². The first-order valence-electron chi connectivity index (χ1n) is 7.57. The molecule has 0 bridgehead atoms. The second-order valence-electron chi connectivity index (χ2n) is 5.80. The number of carbonyl (C=O) groups is 1. The number of anilines is 1. The lowest BCUT2D eigenvalue weighted by Gasteiger charge is -2.35. The first kappa shape index (κ1) is 16.7. The summed E-state index contributed by atoms with van der Waals surface area (Å²) in [5, 5.41) is -0.105. The number of rotatable bonds is 2. The molecular formula is C18H16ClF2NO2. The largest absolute Gasteiger partial charge is 0.497 e. The van der Waals surface area contributed by atoms with E-state index in [1.165, 1.54) is 0 Å². The summed E-state index contributed by atoms with van der Waals surface area (Å²) in [5.74, 6) is -1.91. The predicted octanol–water partition coefficient (Wildman–Crippen LogP) is 4.61. The molecule has 126 valence electrons. The van der Waals surface area contributed by atoms with Crippen molar-refractivity contribution < 1.29 is 18.3 Å². The highest BCUT2D eigenvalue weighted by atomic mass is 35.5. The molecule has 1 amide bonds. The van der Waals surface area contributed by atoms with Crippen LogP contribution in [0.5, 0.6) is 5.75 Å². The summed E-state index contributed by atoms with van der Waals surface area (Å²) in [6.07, 6.45) is 1.57. The van der Waals surface area contributed by atoms with Crippen LogP contribution in [0.1, 0.15) is 29.3 Å². The van der Waals surface area contributed by atoms with Crippen molar-refractivity contribution in [1.82, 2.24) is 0 Å². The number of fused-ring (bicyclic) bond motifs is 1. The van der Waals surface area contributed by atoms with E-state index in [0.717, 1.165) is 36.2 Å². The van der Waals surface area contributed by atoms with Gasteiger partial charge >= 0.3 is 0 Å². The summed E-state index contributed by atoms with van der Waals surface area (Å²) in [5.41, 5.74) is 1.66. The van der Waals surface area contributed by atoms with Gasteiger partial charge < -0.3 is 9.64 Å². The number of hydrogen-bond acceptors (Lipinski definition) is 2. The van der Waals surface area contributed by atoms with Crippen molar-refractivity contribution in [2.24, 2.45) is 0 Å². The molecule has 0 fully saturated rings. The zero-order valence-corrected chi connectivity index (χ0v) is 14.0. The molecular weight excluding hydrogens is 336 g/mol. The summed E-state index contributed by atoms with van der Waals surface area (Å²) in [6.45, 7) is 1.92. The number of methoxy groups -OCH3 is 1. The summed E-state index contributed by atoms with van der Waals surface area (Å²) in [4.78, 5) is 14.5. The van der Waals surface area contributed by atoms with E-state index in [0.29, 0.717) is 5.75 Å². The normalized spacial score (nSPS) is 16.7. The van der Waals surface area contributed by atoms with Crippen LogP contribution in [-0.4, -0.2) is 19.1 Å². The van der Waals surface area contributed by atoms with E-state index >= 15 is 0 Å². The number of carbonyl (C=O) groups excluding carboxylic acids is 1. The van der Waals surface area contributed by atoms with Crippen LogP contribution in [0.2, 0.25) is 5.02 Å². The van der Waals surface area contributed by atoms with Gasteiger partial charge in [-0.05, 0) is 55.7 Å². The molecule has 1 aliphatic rings. The Balaban J connectivity index is 2.06. The van der Waals surface area contributed by atoms with Crippen LogP contribution in [0.15, 0.2) is 30.3 Å². The van der Waals surface area contributed by atoms with E-state index in [4.69, 9.17) is 16.3 Å². The van der Waals surface area contributed by atoms with E-state index in [1.54, 1.807) is 24.1 Å². The van der Waals surface area contributed by atoms with Crippen molar-refractivity contribution >= 4 is 23.2 Å². The molecule has 0 radical (unpaired) electrons. The number of amides is 1. The molecule has 0 aromatic heterocycles. The second kappa shape index (κ2) is 6.40. The highest BCUT2D eigenvalue weighted by Gasteiger charge is 2.31. The first-order chi connectivity index (χ1) is 11.4. The average Bonchev–Trinajstić information content (AvgIpc) is 2.57. The maximum Gasteiger partial charge on any atom is 0.260 e. The lowest BCUT2D eigenvalue weighted by Crippen LogP contribution is -2.42. The SMILES string of the molecule is COc1ccc2c(c1)CCC(C)N2C(=O)c1cc(F)c(F)cc1Cl. The van der Waals surface area contributed by atoms with Gasteiger partial charge in [0.2, 0.25) is 0 Å². The van der Waals surface area contributed by atoms with Crippen molar-refractivity contribution in [1.29, 1.82) is 0 Å². The minimum absolute atomic E-state index is 0.0499. The zero-order valence-electron chi connectivity index (χ0n) is 13.3. The molecule has 6 heteroatoms. The Labute approximate surface area is 143 Å². The lowest BCUT2D eigenvalue weighted by molar-refractivity contribution is 0.0975. The van der Waals surface area contributed by atoms with E-state index in [9.17, 15) is 13.6 Å². The van der Waals surface area contributed by atoms with E-state index in [1.807, 2.05) is 13.0 Å². The van der Waals surface area contributed by atoms with Crippen molar-refractivity contribution in [2.75, 3.05) is 12.0 Å². The molecule has 3 rings (SSSR count). The minimum Gasteiger partial charge on any atom is -0.497 e. The van der Waals surface area contributed by atoms with Gasteiger partial charge in [0.05, 0.1) is 17.7 Å². The second-order valence-corrected chi connectivity index (χ2v) is 6.21. The van der Waals surface area contributed by atoms with Crippen LogP contribution in [-0.2, 0) is 6.42 Å². The summed E-state index contributed by atoms with van der Waals surface area (Å²) in [6, 6.07) is 7.05. The van der Waals surface area contributed by atoms with E-state index in [2.05, 4.69) is 0 Å². The molecule has 2 aromatic carbocycles. The standard InChI is InChI=1S/C18H16ClF2NO2/c1-10-3-4-11-7-12(24-2)5-6-17(11)22(10)18(23)13-8-15(20)16(21)9-14(13)19/h5-10H,3-4H2,1-2H3. The Bertz CT molecular complexity index is 810. The quantitative estimate of drug-likeness (QED) is 0.739. The number of halogens is 3. The number of nitrogens with zero attached hydrogens (tertiary/aromatic N) is 1. The fourth-order valence-electron chi connectivity index (χ4n) is 2.98. The van der Waals surface area contributed by atoms with Gasteiger partial charge in [-0.2, -0.15) is 0 Å². The third-order valence-electron chi connectivity index (χ3n) is 4.28. The van der Waals surface area contributed by atoms with E-state index in [-0.39, 0.29) is 16.6 Å². The van der Waals surface area contributed by atoms with Crippen LogP contribution in [0.3, 0.4) is 0 Å². The zero-order chi connectivity index (χ0) is 17.4. The number of benzene rings is 2. The minimum atomic E-state index is -1.10. The van der Waals surface area contributed by atoms with Crippen LogP contribution in [0.4, 0.5) is 14.5 Å². The Kier molecular flexibility index (Phi) is 4.45. The molecule has 1 aliphatic heterocycles. The van der Waals surface area contributed by atoms with Gasteiger partial charge in [-0.1, -0.05) is 11.6 Å². The van der Waals surface area contributed by atoms with Crippen molar-refractivity contribution in [3.63, 3.8) is 0 Å². The van der Waals surface area contributed by atoms with Gasteiger partial charge in [0, 0.05) is 11.7 Å². The summed E-state index contributed by atoms with van der Waals surface area (Å²) in [7, 11) is 1.58. The highest BCUT2D eigenvalue weighted by molar-refractivity contribution is 6.34. The Morgan fingerprint density at radius 3 is 2.67 bits per heavy atom. The molecule has 3 nitrogen and oxygen atoms in total. The molecule has 0 saturated carbocycles. The Morgan fingerprint density at radius 2 is 1.96 bits per heavy atom. The third-order valence-corrected chi connectivity index (χ3v) is 4.59. The van der Waals surface area contributed by atoms with Crippen molar-refractivity contribution in [3.05, 3.63) is 58.1 Å². The monoisotopic (exact) mass is 351 g/mol. The van der Waals surface area contributed by atoms with Crippen molar-refractivity contribution in [3.8, 4) is 5.75 Å². The summed E-state index contributed by atoms with van der Waals surface area (Å²) < 4.78 is 32.0. The molecule has 0 aliphatic carbocycles. The van der Waals surface area contributed by atoms with Gasteiger partial charge in [-0.15, -0.1) is 0 Å². The lowest BCUT2D eigenvalue weighted by atomic mass is 9.95. The molecule has 0 N–H and O–H groups in total. The smallest absolute Gasteiger partial charge is 0.260 e. The molecule has 24 heavy (non-hydrogen) atoms. The molecule has 1 atom stereocenters. The van der Waals surface area contributed by atoms with Crippen LogP contribution in [0.25, 0.3) is 0 Å². The maximum atomic E-state index is 13.6. The molecule has 0 spiro atoms. The number of hydrogen-bond donors (Lipinski definition) is 0. The number of aryl methyl sites for hydroxylation is 1. The molecule has 2 aromatic rings. The maximum absolute atomic E-state index is 13.6. The van der Waals surface area contributed by atoms with Gasteiger partial charge in [0.15, 0.2) is 11.6 Å². The number of ether oxygens (including phenoxy) is 1. The van der Waals surface area contributed by atoms with Crippen LogP contribution < -0.4 is 9.64 Å². The fourth-order valence-corrected chi connectivity index (χ4v) is 3.21. The highest BCUT2D eigenvalue weighted by Crippen LogP contribution is 2.35. The summed E-state index contributed by atoms with van der Waals surface area (Å²) >= 11 is 5.96. The fraction of sp³-hybridized carbons (Fsp3) is 0.278. The first-order valence-corrected chi connectivity index (χ1v) is 7.95. The average molecular weight is 352 g/mol. The van der Waals surface area contributed by atoms with Gasteiger partial charge in [-0.25, -0.2) is 8.78 Å². The predicted molar refractivity (Wildman–Crippen MR) is 89.0 cm³/mol. The Hall–Kier alpha value is -2.14. The van der Waals surface area contributed by atoms with Crippen LogP contribution >= 0.6 is 11.6 Å². The molecule has 1 unspecified atom stereocenters. The third kappa shape index (κ3) is 2.84. The topological polar surface area (TPSA) is 29.5 Å². The van der Waals surface area contributed by atoms with Gasteiger partial charge in [-0.3, -0.25) is 4.79 Å². The van der Waals surface area contributed by atoms with E-state index < -0.39 is 17.5 Å². The molecule has 1 heterocycles. The van der Waals surface area contributed by atoms with Crippen LogP contribution in [0, 0.1) is 11.6 Å². The van der Waals surface area contributed by atoms with Gasteiger partial charge in [0.25, 0.3) is 5.91 Å².